The second-order valence-electron chi connectivity index (χ2n) is 4.57. The topological polar surface area (TPSA) is 41.5 Å². The summed E-state index contributed by atoms with van der Waals surface area (Å²) in [6, 6.07) is 10.0. The average molecular weight is 221 g/mol. The van der Waals surface area contributed by atoms with Crippen molar-refractivity contribution in [2.45, 2.75) is 25.0 Å². The van der Waals surface area contributed by atoms with E-state index < -0.39 is 5.60 Å². The predicted molar refractivity (Wildman–Crippen MR) is 63.2 cm³/mol. The fraction of sp³-hybridized carbons (Fsp3) is 0.538. The van der Waals surface area contributed by atoms with Crippen LogP contribution in [0.15, 0.2) is 30.3 Å². The van der Waals surface area contributed by atoms with Gasteiger partial charge in [0.1, 0.15) is 0 Å². The molecule has 88 valence electrons. The van der Waals surface area contributed by atoms with Crippen LogP contribution in [-0.4, -0.2) is 30.9 Å². The molecular weight excluding hydrogens is 202 g/mol. The molecule has 2 rings (SSSR count). The first kappa shape index (κ1) is 11.6. The average Bonchev–Trinajstić information content (AvgIpc) is 2.31. The lowest BCUT2D eigenvalue weighted by atomic mass is 9.89. The quantitative estimate of drug-likeness (QED) is 0.807. The number of benzene rings is 1. The smallest absolute Gasteiger partial charge is 0.0884 e. The molecule has 0 amide bonds. The van der Waals surface area contributed by atoms with Gasteiger partial charge in [0.05, 0.1) is 18.8 Å². The zero-order valence-electron chi connectivity index (χ0n) is 9.65. The monoisotopic (exact) mass is 221 g/mol. The molecule has 0 spiro atoms. The molecule has 0 saturated carbocycles. The molecule has 0 bridgehead atoms. The summed E-state index contributed by atoms with van der Waals surface area (Å²) >= 11 is 0. The van der Waals surface area contributed by atoms with Crippen LogP contribution in [0.2, 0.25) is 0 Å². The molecule has 0 radical (unpaired) electrons. The molecule has 1 aromatic rings. The van der Waals surface area contributed by atoms with E-state index >= 15 is 0 Å². The molecule has 0 aliphatic carbocycles. The minimum absolute atomic E-state index is 0.240. The highest BCUT2D eigenvalue weighted by Crippen LogP contribution is 2.26. The summed E-state index contributed by atoms with van der Waals surface area (Å²) in [5.41, 5.74) is 0.168. The normalized spacial score (nSPS) is 25.0. The van der Waals surface area contributed by atoms with Gasteiger partial charge in [-0.1, -0.05) is 30.3 Å². The number of ether oxygens (including phenoxy) is 1. The number of aliphatic hydroxyl groups is 1. The van der Waals surface area contributed by atoms with E-state index in [1.54, 1.807) is 0 Å². The predicted octanol–water partition coefficient (Wildman–Crippen LogP) is 1.27. The summed E-state index contributed by atoms with van der Waals surface area (Å²) in [6.45, 7) is 4.18. The lowest BCUT2D eigenvalue weighted by Gasteiger charge is -2.31. The zero-order valence-corrected chi connectivity index (χ0v) is 9.65. The minimum Gasteiger partial charge on any atom is -0.385 e. The van der Waals surface area contributed by atoms with Crippen molar-refractivity contribution in [1.29, 1.82) is 0 Å². The van der Waals surface area contributed by atoms with Crippen LogP contribution in [-0.2, 0) is 10.3 Å². The molecule has 1 saturated heterocycles. The van der Waals surface area contributed by atoms with E-state index in [1.807, 2.05) is 37.3 Å². The van der Waals surface area contributed by atoms with E-state index in [-0.39, 0.29) is 6.04 Å². The number of hydrogen-bond donors (Lipinski definition) is 2. The molecule has 16 heavy (non-hydrogen) atoms. The minimum atomic E-state index is -0.792. The second-order valence-corrected chi connectivity index (χ2v) is 4.57. The summed E-state index contributed by atoms with van der Waals surface area (Å²) in [5, 5.41) is 13.8. The largest absolute Gasteiger partial charge is 0.385 e. The first-order chi connectivity index (χ1) is 7.68. The Morgan fingerprint density at radius 1 is 1.44 bits per heavy atom. The van der Waals surface area contributed by atoms with Crippen LogP contribution in [0.3, 0.4) is 0 Å². The molecule has 2 atom stereocenters. The molecule has 0 aromatic heterocycles. The maximum Gasteiger partial charge on any atom is 0.0884 e. The summed E-state index contributed by atoms with van der Waals surface area (Å²) in [7, 11) is 0. The highest BCUT2D eigenvalue weighted by Gasteiger charge is 2.28. The summed E-state index contributed by atoms with van der Waals surface area (Å²) in [5.74, 6) is 0. The Balaban J connectivity index is 2.01. The van der Waals surface area contributed by atoms with E-state index in [1.165, 1.54) is 0 Å². The van der Waals surface area contributed by atoms with E-state index in [0.717, 1.165) is 18.7 Å². The van der Waals surface area contributed by atoms with Gasteiger partial charge in [-0.3, -0.25) is 0 Å². The molecule has 2 unspecified atom stereocenters. The Bertz CT molecular complexity index is 318. The van der Waals surface area contributed by atoms with Crippen molar-refractivity contribution >= 4 is 0 Å². The highest BCUT2D eigenvalue weighted by atomic mass is 16.5. The Kier molecular flexibility index (Phi) is 3.59. The van der Waals surface area contributed by atoms with Crippen molar-refractivity contribution in [3.63, 3.8) is 0 Å². The number of rotatable bonds is 3. The van der Waals surface area contributed by atoms with E-state index in [4.69, 9.17) is 4.74 Å². The second kappa shape index (κ2) is 4.95. The molecule has 3 heteroatoms. The maximum atomic E-state index is 10.4. The Morgan fingerprint density at radius 3 is 2.81 bits per heavy atom. The fourth-order valence-corrected chi connectivity index (χ4v) is 2.15. The van der Waals surface area contributed by atoms with Gasteiger partial charge in [0.2, 0.25) is 0 Å². The van der Waals surface area contributed by atoms with Gasteiger partial charge in [-0.2, -0.15) is 0 Å². The van der Waals surface area contributed by atoms with Crippen LogP contribution in [0.1, 0.15) is 18.9 Å². The highest BCUT2D eigenvalue weighted by molar-refractivity contribution is 5.21. The maximum absolute atomic E-state index is 10.4. The summed E-state index contributed by atoms with van der Waals surface area (Å²) in [6.07, 6.45) is 0.678. The number of morpholine rings is 1. The van der Waals surface area contributed by atoms with E-state index in [0.29, 0.717) is 13.0 Å². The van der Waals surface area contributed by atoms with Crippen molar-refractivity contribution in [2.24, 2.45) is 0 Å². The van der Waals surface area contributed by atoms with Crippen molar-refractivity contribution in [1.82, 2.24) is 5.32 Å². The lowest BCUT2D eigenvalue weighted by molar-refractivity contribution is 0.00322. The van der Waals surface area contributed by atoms with Gasteiger partial charge in [0.15, 0.2) is 0 Å². The molecule has 3 nitrogen and oxygen atoms in total. The van der Waals surface area contributed by atoms with Crippen molar-refractivity contribution < 1.29 is 9.84 Å². The molecular formula is C13H19NO2. The van der Waals surface area contributed by atoms with Crippen LogP contribution >= 0.6 is 0 Å². The number of nitrogens with one attached hydrogen (secondary N) is 1. The third-order valence-corrected chi connectivity index (χ3v) is 3.04. The lowest BCUT2D eigenvalue weighted by Crippen LogP contribution is -2.45. The van der Waals surface area contributed by atoms with Crippen LogP contribution in [0.4, 0.5) is 0 Å². The number of hydrogen-bond acceptors (Lipinski definition) is 3. The van der Waals surface area contributed by atoms with E-state index in [2.05, 4.69) is 5.32 Å². The van der Waals surface area contributed by atoms with Gasteiger partial charge < -0.3 is 15.2 Å². The van der Waals surface area contributed by atoms with Gasteiger partial charge in [0, 0.05) is 12.6 Å². The Morgan fingerprint density at radius 2 is 2.19 bits per heavy atom. The van der Waals surface area contributed by atoms with E-state index in [9.17, 15) is 5.11 Å². The Hall–Kier alpha value is -0.900. The summed E-state index contributed by atoms with van der Waals surface area (Å²) < 4.78 is 5.39. The Labute approximate surface area is 96.4 Å². The first-order valence-corrected chi connectivity index (χ1v) is 5.77. The molecule has 1 fully saturated rings. The van der Waals surface area contributed by atoms with Gasteiger partial charge in [-0.05, 0) is 18.9 Å². The molecule has 1 heterocycles. The van der Waals surface area contributed by atoms with Crippen LogP contribution in [0.25, 0.3) is 0 Å². The van der Waals surface area contributed by atoms with Crippen LogP contribution in [0.5, 0.6) is 0 Å². The summed E-state index contributed by atoms with van der Waals surface area (Å²) in [4.78, 5) is 0. The van der Waals surface area contributed by atoms with Crippen molar-refractivity contribution in [3.05, 3.63) is 35.9 Å². The first-order valence-electron chi connectivity index (χ1n) is 5.77. The standard InChI is InChI=1S/C13H19NO2/c1-13(15,11-5-3-2-4-6-11)9-12-10-16-8-7-14-12/h2-6,12,14-15H,7-10H2,1H3. The van der Waals surface area contributed by atoms with Gasteiger partial charge in [0.25, 0.3) is 0 Å². The fourth-order valence-electron chi connectivity index (χ4n) is 2.15. The van der Waals surface area contributed by atoms with Gasteiger partial charge in [-0.25, -0.2) is 0 Å². The third-order valence-electron chi connectivity index (χ3n) is 3.04. The molecule has 1 aliphatic rings. The van der Waals surface area contributed by atoms with Crippen LogP contribution in [0, 0.1) is 0 Å². The van der Waals surface area contributed by atoms with Crippen molar-refractivity contribution in [2.75, 3.05) is 19.8 Å². The molecule has 1 aliphatic heterocycles. The van der Waals surface area contributed by atoms with Gasteiger partial charge >= 0.3 is 0 Å². The molecule has 2 N–H and O–H groups in total. The zero-order chi connectivity index (χ0) is 11.4. The van der Waals surface area contributed by atoms with Crippen molar-refractivity contribution in [3.8, 4) is 0 Å². The van der Waals surface area contributed by atoms with Crippen LogP contribution < -0.4 is 5.32 Å². The SMILES string of the molecule is CC(O)(CC1COCCN1)c1ccccc1. The molecule has 1 aromatic carbocycles. The third kappa shape index (κ3) is 2.82. The van der Waals surface area contributed by atoms with Gasteiger partial charge in [-0.15, -0.1) is 0 Å².